The molecule has 5 rings (SSSR count). The normalized spacial score (nSPS) is 16.7. The topological polar surface area (TPSA) is 73.3 Å². The average Bonchev–Trinajstić information content (AvgIpc) is 2.87. The Bertz CT molecular complexity index is 1240. The minimum Gasteiger partial charge on any atom is -0.491 e. The van der Waals surface area contributed by atoms with Crippen molar-refractivity contribution in [3.63, 3.8) is 0 Å². The molecule has 0 saturated carbocycles. The van der Waals surface area contributed by atoms with Crippen LogP contribution in [-0.2, 0) is 0 Å². The van der Waals surface area contributed by atoms with Crippen molar-refractivity contribution in [2.45, 2.75) is 20.0 Å². The molecule has 1 unspecified atom stereocenters. The van der Waals surface area contributed by atoms with Crippen molar-refractivity contribution < 1.29 is 19.4 Å². The first-order chi connectivity index (χ1) is 17.4. The smallest absolute Gasteiger partial charge is 0.261 e. The molecule has 2 aliphatic heterocycles. The van der Waals surface area contributed by atoms with E-state index in [-0.39, 0.29) is 43.2 Å². The number of halogens is 2. The van der Waals surface area contributed by atoms with E-state index in [9.17, 15) is 14.7 Å². The number of rotatable bonds is 8. The van der Waals surface area contributed by atoms with Gasteiger partial charge in [-0.25, -0.2) is 0 Å². The number of ether oxygens (including phenoxy) is 1. The summed E-state index contributed by atoms with van der Waals surface area (Å²) >= 11 is 0. The predicted octanol–water partition coefficient (Wildman–Crippen LogP) is 3.95. The van der Waals surface area contributed by atoms with Crippen LogP contribution in [0.4, 0.5) is 0 Å². The fraction of sp³-hybridized carbons (Fsp3) is 0.379. The maximum Gasteiger partial charge on any atom is 0.261 e. The average molecular weight is 561 g/mol. The molecule has 1 fully saturated rings. The Hall–Kier alpha value is -2.68. The molecular formula is C29H35Cl2N3O4. The molecule has 2 aliphatic rings. The Morgan fingerprint density at radius 1 is 0.842 bits per heavy atom. The molecule has 0 bridgehead atoms. The second-order valence-electron chi connectivity index (χ2n) is 9.85. The van der Waals surface area contributed by atoms with Crippen LogP contribution in [0.2, 0.25) is 0 Å². The van der Waals surface area contributed by atoms with Crippen molar-refractivity contribution in [3.8, 4) is 5.75 Å². The van der Waals surface area contributed by atoms with Crippen molar-refractivity contribution in [1.82, 2.24) is 14.7 Å². The van der Waals surface area contributed by atoms with E-state index in [0.29, 0.717) is 30.8 Å². The van der Waals surface area contributed by atoms with Gasteiger partial charge in [0.25, 0.3) is 11.8 Å². The summed E-state index contributed by atoms with van der Waals surface area (Å²) in [4.78, 5) is 32.1. The summed E-state index contributed by atoms with van der Waals surface area (Å²) in [5.74, 6) is 0.384. The Balaban J connectivity index is 0.00000200. The minimum atomic E-state index is -0.566. The van der Waals surface area contributed by atoms with Crippen molar-refractivity contribution in [2.24, 2.45) is 0 Å². The van der Waals surface area contributed by atoms with Gasteiger partial charge < -0.3 is 9.84 Å². The van der Waals surface area contributed by atoms with E-state index in [0.717, 1.165) is 48.3 Å². The molecular weight excluding hydrogens is 525 g/mol. The van der Waals surface area contributed by atoms with Gasteiger partial charge in [-0.1, -0.05) is 42.0 Å². The predicted molar refractivity (Wildman–Crippen MR) is 154 cm³/mol. The first-order valence-corrected chi connectivity index (χ1v) is 12.6. The number of hydrogen-bond acceptors (Lipinski definition) is 6. The summed E-state index contributed by atoms with van der Waals surface area (Å²) in [5.41, 5.74) is 3.46. The van der Waals surface area contributed by atoms with E-state index < -0.39 is 6.10 Å². The summed E-state index contributed by atoms with van der Waals surface area (Å²) in [6.45, 7) is 9.19. The van der Waals surface area contributed by atoms with Gasteiger partial charge in [-0.05, 0) is 43.0 Å². The molecule has 3 aromatic rings. The van der Waals surface area contributed by atoms with Crippen molar-refractivity contribution in [3.05, 3.63) is 76.9 Å². The van der Waals surface area contributed by atoms with E-state index in [1.165, 1.54) is 10.5 Å². The lowest BCUT2D eigenvalue weighted by atomic mass is 9.94. The van der Waals surface area contributed by atoms with Gasteiger partial charge in [0.15, 0.2) is 0 Å². The van der Waals surface area contributed by atoms with Gasteiger partial charge in [0.2, 0.25) is 0 Å². The molecule has 0 spiro atoms. The number of β-amino-alcohol motifs (C(OH)–C–C–N with tert-alkyl or cyclic N) is 1. The van der Waals surface area contributed by atoms with Crippen LogP contribution < -0.4 is 4.74 Å². The molecule has 2 heterocycles. The molecule has 0 aromatic heterocycles. The third kappa shape index (κ3) is 6.30. The Morgan fingerprint density at radius 3 is 2.05 bits per heavy atom. The maximum atomic E-state index is 13.1. The van der Waals surface area contributed by atoms with E-state index in [2.05, 4.69) is 15.9 Å². The summed E-state index contributed by atoms with van der Waals surface area (Å²) in [6.07, 6.45) is -0.566. The van der Waals surface area contributed by atoms with E-state index in [1.807, 2.05) is 62.4 Å². The third-order valence-corrected chi connectivity index (χ3v) is 7.19. The number of amides is 2. The van der Waals surface area contributed by atoms with Gasteiger partial charge in [-0.3, -0.25) is 24.3 Å². The monoisotopic (exact) mass is 559 g/mol. The minimum absolute atomic E-state index is 0. The van der Waals surface area contributed by atoms with E-state index >= 15 is 0 Å². The lowest BCUT2D eigenvalue weighted by Crippen LogP contribution is -2.51. The molecule has 0 radical (unpaired) electrons. The maximum absolute atomic E-state index is 13.1. The zero-order valence-electron chi connectivity index (χ0n) is 21.8. The Labute approximate surface area is 236 Å². The summed E-state index contributed by atoms with van der Waals surface area (Å²) in [5, 5.41) is 12.2. The number of carbonyl (C=O) groups is 2. The van der Waals surface area contributed by atoms with Gasteiger partial charge in [-0.15, -0.1) is 24.8 Å². The van der Waals surface area contributed by atoms with Crippen molar-refractivity contribution in [2.75, 3.05) is 52.4 Å². The standard InChI is InChI=1S/C29H33N3O4.2ClH/c1-20-9-10-26(21(2)17-20)36-19-23(33)18-31-13-11-30(12-14-31)15-16-32-28(34)24-7-3-5-22-6-4-8-25(27(22)24)29(32)35;;/h3-10,17,23,33H,11-16,18-19H2,1-2H3;2*1H. The molecule has 9 heteroatoms. The zero-order valence-corrected chi connectivity index (χ0v) is 23.4. The first-order valence-electron chi connectivity index (χ1n) is 12.6. The number of aliphatic hydroxyl groups excluding tert-OH is 1. The number of imide groups is 1. The molecule has 38 heavy (non-hydrogen) atoms. The van der Waals surface area contributed by atoms with Crippen molar-refractivity contribution >= 4 is 47.4 Å². The van der Waals surface area contributed by atoms with Gasteiger partial charge in [-0.2, -0.15) is 0 Å². The van der Waals surface area contributed by atoms with Crippen LogP contribution in [0, 0.1) is 13.8 Å². The van der Waals surface area contributed by atoms with Gasteiger partial charge >= 0.3 is 0 Å². The van der Waals surface area contributed by atoms with Gasteiger partial charge in [0.1, 0.15) is 18.5 Å². The SMILES string of the molecule is Cc1ccc(OCC(O)CN2CCN(CCN3C(=O)c4cccc5cccc(c45)C3=O)CC2)c(C)c1.Cl.Cl. The van der Waals surface area contributed by atoms with Crippen LogP contribution in [0.5, 0.6) is 5.75 Å². The molecule has 1 saturated heterocycles. The Kier molecular flexibility index (Phi) is 10.2. The fourth-order valence-electron chi connectivity index (χ4n) is 5.22. The molecule has 3 aromatic carbocycles. The number of piperazine rings is 1. The number of aliphatic hydroxyl groups is 1. The number of aryl methyl sites for hydroxylation is 2. The summed E-state index contributed by atoms with van der Waals surface area (Å²) < 4.78 is 5.83. The number of nitrogens with zero attached hydrogens (tertiary/aromatic N) is 3. The largest absolute Gasteiger partial charge is 0.491 e. The van der Waals surface area contributed by atoms with Crippen LogP contribution in [-0.4, -0.2) is 90.1 Å². The van der Waals surface area contributed by atoms with E-state index in [1.54, 1.807) is 0 Å². The van der Waals surface area contributed by atoms with E-state index in [4.69, 9.17) is 4.74 Å². The molecule has 1 N–H and O–H groups in total. The first kappa shape index (κ1) is 29.9. The fourth-order valence-corrected chi connectivity index (χ4v) is 5.22. The molecule has 1 atom stereocenters. The highest BCUT2D eigenvalue weighted by atomic mass is 35.5. The summed E-state index contributed by atoms with van der Waals surface area (Å²) in [7, 11) is 0. The molecule has 2 amide bonds. The lowest BCUT2D eigenvalue weighted by molar-refractivity contribution is 0.0415. The number of carbonyl (C=O) groups excluding carboxylic acids is 2. The number of hydrogen-bond donors (Lipinski definition) is 1. The lowest BCUT2D eigenvalue weighted by Gasteiger charge is -2.36. The highest BCUT2D eigenvalue weighted by molar-refractivity contribution is 6.25. The molecule has 7 nitrogen and oxygen atoms in total. The molecule has 204 valence electrons. The zero-order chi connectivity index (χ0) is 25.2. The van der Waals surface area contributed by atoms with Gasteiger partial charge in [0, 0.05) is 62.3 Å². The van der Waals surface area contributed by atoms with Crippen molar-refractivity contribution in [1.29, 1.82) is 0 Å². The number of benzene rings is 3. The second kappa shape index (κ2) is 12.9. The van der Waals surface area contributed by atoms with Crippen LogP contribution in [0.15, 0.2) is 54.6 Å². The van der Waals surface area contributed by atoms with Crippen LogP contribution in [0.1, 0.15) is 31.8 Å². The van der Waals surface area contributed by atoms with Crippen LogP contribution in [0.3, 0.4) is 0 Å². The Morgan fingerprint density at radius 2 is 1.45 bits per heavy atom. The van der Waals surface area contributed by atoms with Gasteiger partial charge in [0.05, 0.1) is 0 Å². The highest BCUT2D eigenvalue weighted by Crippen LogP contribution is 2.29. The van der Waals surface area contributed by atoms with Crippen LogP contribution in [0.25, 0.3) is 10.8 Å². The summed E-state index contributed by atoms with van der Waals surface area (Å²) in [6, 6.07) is 17.3. The highest BCUT2D eigenvalue weighted by Gasteiger charge is 2.33. The van der Waals surface area contributed by atoms with Crippen LogP contribution >= 0.6 is 24.8 Å². The quantitative estimate of drug-likeness (QED) is 0.421. The second-order valence-corrected chi connectivity index (χ2v) is 9.85. The third-order valence-electron chi connectivity index (χ3n) is 7.19. The molecule has 0 aliphatic carbocycles.